The average Bonchev–Trinajstić information content (AvgIpc) is 2.97. The van der Waals surface area contributed by atoms with Crippen molar-refractivity contribution in [2.24, 2.45) is 0 Å². The minimum Gasteiger partial charge on any atom is -0.497 e. The smallest absolute Gasteiger partial charge is 0.118 e. The molecular weight excluding hydrogens is 300 g/mol. The molecular formula is C20H30N2O2. The Morgan fingerprint density at radius 1 is 1.08 bits per heavy atom. The zero-order chi connectivity index (χ0) is 16.8. The number of nitrogens with zero attached hydrogens (tertiary/aromatic N) is 2. The molecule has 0 saturated carbocycles. The summed E-state index contributed by atoms with van der Waals surface area (Å²) < 4.78 is 5.18. The molecule has 4 heteroatoms. The van der Waals surface area contributed by atoms with Crippen molar-refractivity contribution in [2.75, 3.05) is 46.4 Å². The Morgan fingerprint density at radius 2 is 1.83 bits per heavy atom. The van der Waals surface area contributed by atoms with E-state index in [1.165, 1.54) is 24.8 Å². The summed E-state index contributed by atoms with van der Waals surface area (Å²) >= 11 is 0. The number of aliphatic hydroxyl groups is 1. The Hall–Kier alpha value is -1.36. The van der Waals surface area contributed by atoms with Crippen molar-refractivity contribution >= 4 is 6.08 Å². The van der Waals surface area contributed by atoms with Crippen LogP contribution in [0, 0.1) is 0 Å². The first-order valence-electron chi connectivity index (χ1n) is 9.15. The van der Waals surface area contributed by atoms with E-state index in [0.717, 1.165) is 51.4 Å². The minimum absolute atomic E-state index is 0.523. The van der Waals surface area contributed by atoms with E-state index < -0.39 is 5.60 Å². The summed E-state index contributed by atoms with van der Waals surface area (Å²) in [5, 5.41) is 10.9. The van der Waals surface area contributed by atoms with Gasteiger partial charge < -0.3 is 14.7 Å². The van der Waals surface area contributed by atoms with E-state index in [2.05, 4.69) is 34.1 Å². The Kier molecular flexibility index (Phi) is 5.93. The second-order valence-corrected chi connectivity index (χ2v) is 7.22. The second kappa shape index (κ2) is 8.15. The fraction of sp³-hybridized carbons (Fsp3) is 0.600. The number of β-amino-alcohol motifs (C(OH)–C–C–N with tert-alkyl or cyclic N) is 1. The fourth-order valence-corrected chi connectivity index (χ4v) is 3.81. The van der Waals surface area contributed by atoms with E-state index in [1.807, 2.05) is 12.1 Å². The summed E-state index contributed by atoms with van der Waals surface area (Å²) in [7, 11) is 1.68. The van der Waals surface area contributed by atoms with Gasteiger partial charge in [-0.05, 0) is 50.0 Å². The van der Waals surface area contributed by atoms with Crippen LogP contribution in [-0.2, 0) is 0 Å². The molecule has 0 amide bonds. The predicted molar refractivity (Wildman–Crippen MR) is 98.3 cm³/mol. The molecule has 4 nitrogen and oxygen atoms in total. The van der Waals surface area contributed by atoms with Crippen molar-refractivity contribution in [3.63, 3.8) is 0 Å². The summed E-state index contributed by atoms with van der Waals surface area (Å²) in [6.45, 7) is 5.81. The number of ether oxygens (including phenoxy) is 1. The molecule has 0 bridgehead atoms. The summed E-state index contributed by atoms with van der Waals surface area (Å²) in [6.07, 6.45) is 9.13. The SMILES string of the molecule is COc1ccc(/C=C/CN2CCC(O)(CN3CCCCC3)C2)cc1. The molecule has 0 spiro atoms. The monoisotopic (exact) mass is 330 g/mol. The van der Waals surface area contributed by atoms with Crippen LogP contribution in [0.1, 0.15) is 31.2 Å². The third-order valence-electron chi connectivity index (χ3n) is 5.17. The zero-order valence-electron chi connectivity index (χ0n) is 14.8. The summed E-state index contributed by atoms with van der Waals surface area (Å²) in [5.41, 5.74) is 0.657. The zero-order valence-corrected chi connectivity index (χ0v) is 14.8. The van der Waals surface area contributed by atoms with Crippen LogP contribution in [0.5, 0.6) is 5.75 Å². The van der Waals surface area contributed by atoms with Gasteiger partial charge in [0.15, 0.2) is 0 Å². The molecule has 2 aliphatic rings. The van der Waals surface area contributed by atoms with Crippen molar-refractivity contribution in [3.05, 3.63) is 35.9 Å². The standard InChI is InChI=1S/C20H30N2O2/c1-24-19-9-7-18(8-10-19)6-5-14-22-15-11-20(23,17-22)16-21-12-3-2-4-13-21/h5-10,23H,2-4,11-17H2,1H3/b6-5+. The summed E-state index contributed by atoms with van der Waals surface area (Å²) in [5.74, 6) is 0.884. The minimum atomic E-state index is -0.523. The first-order chi connectivity index (χ1) is 11.7. The van der Waals surface area contributed by atoms with Gasteiger partial charge in [-0.25, -0.2) is 0 Å². The third-order valence-corrected chi connectivity index (χ3v) is 5.17. The normalized spacial score (nSPS) is 26.2. The maximum atomic E-state index is 10.9. The van der Waals surface area contributed by atoms with Crippen molar-refractivity contribution in [2.45, 2.75) is 31.3 Å². The molecule has 132 valence electrons. The molecule has 0 radical (unpaired) electrons. The van der Waals surface area contributed by atoms with E-state index in [0.29, 0.717) is 0 Å². The van der Waals surface area contributed by atoms with Gasteiger partial charge in [0.25, 0.3) is 0 Å². The van der Waals surface area contributed by atoms with Gasteiger partial charge >= 0.3 is 0 Å². The molecule has 2 heterocycles. The quantitative estimate of drug-likeness (QED) is 0.870. The summed E-state index contributed by atoms with van der Waals surface area (Å²) in [4.78, 5) is 4.80. The van der Waals surface area contributed by atoms with Crippen LogP contribution < -0.4 is 4.74 Å². The van der Waals surface area contributed by atoms with Crippen LogP contribution in [0.2, 0.25) is 0 Å². The van der Waals surface area contributed by atoms with Crippen LogP contribution in [0.4, 0.5) is 0 Å². The van der Waals surface area contributed by atoms with E-state index >= 15 is 0 Å². The molecule has 3 rings (SSSR count). The van der Waals surface area contributed by atoms with Gasteiger partial charge in [-0.3, -0.25) is 4.90 Å². The van der Waals surface area contributed by atoms with Gasteiger partial charge in [0.2, 0.25) is 0 Å². The highest BCUT2D eigenvalue weighted by Gasteiger charge is 2.37. The maximum Gasteiger partial charge on any atom is 0.118 e. The Bertz CT molecular complexity index is 537. The number of rotatable bonds is 6. The van der Waals surface area contributed by atoms with Crippen molar-refractivity contribution in [1.82, 2.24) is 9.80 Å². The van der Waals surface area contributed by atoms with Gasteiger partial charge in [-0.1, -0.05) is 30.7 Å². The number of hydrogen-bond donors (Lipinski definition) is 1. The Morgan fingerprint density at radius 3 is 2.54 bits per heavy atom. The fourth-order valence-electron chi connectivity index (χ4n) is 3.81. The molecule has 1 aromatic rings. The first kappa shape index (κ1) is 17.5. The van der Waals surface area contributed by atoms with Crippen LogP contribution in [0.15, 0.2) is 30.3 Å². The van der Waals surface area contributed by atoms with E-state index in [4.69, 9.17) is 4.74 Å². The molecule has 0 aliphatic carbocycles. The van der Waals surface area contributed by atoms with Gasteiger partial charge in [0, 0.05) is 26.2 Å². The Balaban J connectivity index is 1.45. The highest BCUT2D eigenvalue weighted by Crippen LogP contribution is 2.24. The number of methoxy groups -OCH3 is 1. The molecule has 1 N–H and O–H groups in total. The molecule has 0 aromatic heterocycles. The molecule has 2 fully saturated rings. The summed E-state index contributed by atoms with van der Waals surface area (Å²) in [6, 6.07) is 8.08. The largest absolute Gasteiger partial charge is 0.497 e. The maximum absolute atomic E-state index is 10.9. The second-order valence-electron chi connectivity index (χ2n) is 7.22. The number of piperidine rings is 1. The van der Waals surface area contributed by atoms with Crippen molar-refractivity contribution < 1.29 is 9.84 Å². The van der Waals surface area contributed by atoms with Crippen LogP contribution in [-0.4, -0.2) is 66.9 Å². The highest BCUT2D eigenvalue weighted by molar-refractivity contribution is 5.50. The number of likely N-dealkylation sites (tertiary alicyclic amines) is 2. The van der Waals surface area contributed by atoms with Gasteiger partial charge in [-0.2, -0.15) is 0 Å². The topological polar surface area (TPSA) is 35.9 Å². The lowest BCUT2D eigenvalue weighted by atomic mass is 10.0. The van der Waals surface area contributed by atoms with Crippen LogP contribution in [0.3, 0.4) is 0 Å². The lowest BCUT2D eigenvalue weighted by Crippen LogP contribution is -2.46. The van der Waals surface area contributed by atoms with Gasteiger partial charge in [0.1, 0.15) is 5.75 Å². The lowest BCUT2D eigenvalue weighted by Gasteiger charge is -2.33. The van der Waals surface area contributed by atoms with Crippen molar-refractivity contribution in [3.8, 4) is 5.75 Å². The molecule has 1 aromatic carbocycles. The number of benzene rings is 1. The van der Waals surface area contributed by atoms with E-state index in [-0.39, 0.29) is 0 Å². The Labute approximate surface area is 145 Å². The molecule has 24 heavy (non-hydrogen) atoms. The van der Waals surface area contributed by atoms with Gasteiger partial charge in [-0.15, -0.1) is 0 Å². The van der Waals surface area contributed by atoms with Crippen LogP contribution in [0.25, 0.3) is 6.08 Å². The molecule has 2 aliphatic heterocycles. The average molecular weight is 330 g/mol. The first-order valence-corrected chi connectivity index (χ1v) is 9.15. The highest BCUT2D eigenvalue weighted by atomic mass is 16.5. The number of hydrogen-bond acceptors (Lipinski definition) is 4. The van der Waals surface area contributed by atoms with Crippen molar-refractivity contribution in [1.29, 1.82) is 0 Å². The molecule has 1 unspecified atom stereocenters. The molecule has 2 saturated heterocycles. The van der Waals surface area contributed by atoms with E-state index in [9.17, 15) is 5.11 Å². The predicted octanol–water partition coefficient (Wildman–Crippen LogP) is 2.63. The third kappa shape index (κ3) is 4.82. The molecule has 1 atom stereocenters. The van der Waals surface area contributed by atoms with Crippen LogP contribution >= 0.6 is 0 Å². The lowest BCUT2D eigenvalue weighted by molar-refractivity contribution is 0.00771. The van der Waals surface area contributed by atoms with E-state index in [1.54, 1.807) is 7.11 Å². The van der Waals surface area contributed by atoms with Gasteiger partial charge in [0.05, 0.1) is 12.7 Å².